The van der Waals surface area contributed by atoms with Crippen LogP contribution in [0.25, 0.3) is 0 Å². The number of aliphatic hydroxyl groups is 1. The summed E-state index contributed by atoms with van der Waals surface area (Å²) in [5, 5.41) is 21.9. The Labute approximate surface area is 123 Å². The van der Waals surface area contributed by atoms with Gasteiger partial charge < -0.3 is 21.3 Å². The highest BCUT2D eigenvalue weighted by atomic mass is 16.3. The molecule has 0 aliphatic rings. The van der Waals surface area contributed by atoms with E-state index in [0.29, 0.717) is 6.42 Å². The fraction of sp³-hybridized carbons (Fsp3) is 0.188. The molecular formula is C16H18N2O3. The van der Waals surface area contributed by atoms with Crippen molar-refractivity contribution in [3.63, 3.8) is 0 Å². The van der Waals surface area contributed by atoms with Crippen LogP contribution in [0.3, 0.4) is 0 Å². The highest BCUT2D eigenvalue weighted by Crippen LogP contribution is 2.24. The topological polar surface area (TPSA) is 95.6 Å². The summed E-state index contributed by atoms with van der Waals surface area (Å²) < 4.78 is 0. The largest absolute Gasteiger partial charge is 0.505 e. The number of phenolic OH excluding ortho intramolecular Hbond substituents is 1. The van der Waals surface area contributed by atoms with Crippen LogP contribution >= 0.6 is 0 Å². The van der Waals surface area contributed by atoms with Gasteiger partial charge in [0, 0.05) is 0 Å². The number of carbonyl (C=O) groups is 1. The average molecular weight is 286 g/mol. The summed E-state index contributed by atoms with van der Waals surface area (Å²) in [6.45, 7) is -0.191. The Morgan fingerprint density at radius 3 is 2.52 bits per heavy atom. The molecule has 0 aliphatic heterocycles. The number of carbonyl (C=O) groups excluding carboxylic acids is 1. The van der Waals surface area contributed by atoms with Gasteiger partial charge in [0.15, 0.2) is 5.75 Å². The smallest absolute Gasteiger partial charge is 0.255 e. The summed E-state index contributed by atoms with van der Waals surface area (Å²) in [4.78, 5) is 12.1. The molecule has 0 heterocycles. The average Bonchev–Trinajstić information content (AvgIpc) is 2.50. The van der Waals surface area contributed by atoms with Crippen molar-refractivity contribution in [3.8, 4) is 5.75 Å². The minimum Gasteiger partial charge on any atom is -0.505 e. The first-order chi connectivity index (χ1) is 10.1. The molecular weight excluding hydrogens is 268 g/mol. The first-order valence-electron chi connectivity index (χ1n) is 6.65. The molecule has 1 unspecified atom stereocenters. The van der Waals surface area contributed by atoms with Gasteiger partial charge in [0.2, 0.25) is 0 Å². The molecule has 0 saturated heterocycles. The highest BCUT2D eigenvalue weighted by molar-refractivity contribution is 5.98. The maximum atomic E-state index is 12.1. The molecule has 0 spiro atoms. The van der Waals surface area contributed by atoms with E-state index in [9.17, 15) is 15.0 Å². The second kappa shape index (κ2) is 6.76. The Morgan fingerprint density at radius 2 is 1.86 bits per heavy atom. The second-order valence-corrected chi connectivity index (χ2v) is 4.79. The lowest BCUT2D eigenvalue weighted by Gasteiger charge is -2.17. The Balaban J connectivity index is 2.08. The van der Waals surface area contributed by atoms with Crippen LogP contribution in [0.5, 0.6) is 5.75 Å². The lowest BCUT2D eigenvalue weighted by atomic mass is 10.1. The number of nitrogens with one attached hydrogen (secondary N) is 1. The van der Waals surface area contributed by atoms with Gasteiger partial charge >= 0.3 is 0 Å². The van der Waals surface area contributed by atoms with E-state index < -0.39 is 11.9 Å². The molecule has 0 saturated carbocycles. The number of anilines is 1. The summed E-state index contributed by atoms with van der Waals surface area (Å²) >= 11 is 0. The van der Waals surface area contributed by atoms with E-state index >= 15 is 0 Å². The molecule has 0 fully saturated rings. The third kappa shape index (κ3) is 3.73. The first-order valence-corrected chi connectivity index (χ1v) is 6.65. The zero-order chi connectivity index (χ0) is 15.2. The maximum Gasteiger partial charge on any atom is 0.255 e. The summed E-state index contributed by atoms with van der Waals surface area (Å²) in [5.41, 5.74) is 6.82. The van der Waals surface area contributed by atoms with E-state index in [2.05, 4.69) is 5.32 Å². The van der Waals surface area contributed by atoms with Crippen LogP contribution in [0.4, 0.5) is 5.69 Å². The number of hydrogen-bond donors (Lipinski definition) is 4. The van der Waals surface area contributed by atoms with E-state index in [-0.39, 0.29) is 23.6 Å². The number of amides is 1. The molecule has 5 nitrogen and oxygen atoms in total. The van der Waals surface area contributed by atoms with Crippen molar-refractivity contribution >= 4 is 11.6 Å². The predicted molar refractivity (Wildman–Crippen MR) is 81.0 cm³/mol. The Morgan fingerprint density at radius 1 is 1.14 bits per heavy atom. The second-order valence-electron chi connectivity index (χ2n) is 4.79. The molecule has 1 amide bonds. The van der Waals surface area contributed by atoms with Gasteiger partial charge in [0.25, 0.3) is 5.91 Å². The fourth-order valence-electron chi connectivity index (χ4n) is 2.07. The molecule has 0 aromatic heterocycles. The number of aliphatic hydroxyl groups excluding tert-OH is 1. The molecule has 110 valence electrons. The molecule has 0 aliphatic carbocycles. The molecule has 5 N–H and O–H groups in total. The van der Waals surface area contributed by atoms with Crippen molar-refractivity contribution in [3.05, 3.63) is 59.7 Å². The summed E-state index contributed by atoms with van der Waals surface area (Å²) in [7, 11) is 0. The third-order valence-corrected chi connectivity index (χ3v) is 3.19. The Hall–Kier alpha value is -2.53. The quantitative estimate of drug-likeness (QED) is 0.492. The molecule has 2 rings (SSSR count). The number of para-hydroxylation sites is 1. The van der Waals surface area contributed by atoms with E-state index in [0.717, 1.165) is 5.56 Å². The van der Waals surface area contributed by atoms with E-state index in [1.165, 1.54) is 12.1 Å². The minimum atomic E-state index is -0.463. The number of benzene rings is 2. The molecule has 0 radical (unpaired) electrons. The van der Waals surface area contributed by atoms with Crippen molar-refractivity contribution in [2.45, 2.75) is 12.5 Å². The zero-order valence-electron chi connectivity index (χ0n) is 11.5. The fourth-order valence-corrected chi connectivity index (χ4v) is 2.07. The number of nitrogen functional groups attached to an aromatic ring is 1. The first kappa shape index (κ1) is 14.9. The molecule has 5 heteroatoms. The summed E-state index contributed by atoms with van der Waals surface area (Å²) in [5.74, 6) is -0.707. The molecule has 0 bridgehead atoms. The minimum absolute atomic E-state index is 0.0986. The van der Waals surface area contributed by atoms with Gasteiger partial charge in [-0.15, -0.1) is 0 Å². The number of phenols is 1. The van der Waals surface area contributed by atoms with Crippen LogP contribution in [-0.4, -0.2) is 28.8 Å². The normalized spacial score (nSPS) is 11.9. The number of aromatic hydroxyl groups is 1. The van der Waals surface area contributed by atoms with Gasteiger partial charge in [0.05, 0.1) is 23.9 Å². The van der Waals surface area contributed by atoms with Gasteiger partial charge in [0.1, 0.15) is 0 Å². The highest BCUT2D eigenvalue weighted by Gasteiger charge is 2.17. The van der Waals surface area contributed by atoms with Crippen LogP contribution in [0.1, 0.15) is 15.9 Å². The van der Waals surface area contributed by atoms with Crippen molar-refractivity contribution in [1.29, 1.82) is 0 Å². The van der Waals surface area contributed by atoms with Gasteiger partial charge in [-0.2, -0.15) is 0 Å². The molecule has 1 atom stereocenters. The summed E-state index contributed by atoms with van der Waals surface area (Å²) in [6, 6.07) is 13.7. The SMILES string of the molecule is Nc1cccc(C(=O)NC(CO)Cc2ccccc2)c1O. The third-order valence-electron chi connectivity index (χ3n) is 3.19. The van der Waals surface area contributed by atoms with E-state index in [4.69, 9.17) is 5.73 Å². The van der Waals surface area contributed by atoms with Crippen LogP contribution in [-0.2, 0) is 6.42 Å². The van der Waals surface area contributed by atoms with Crippen LogP contribution in [0, 0.1) is 0 Å². The Kier molecular flexibility index (Phi) is 4.79. The van der Waals surface area contributed by atoms with Gasteiger partial charge in [-0.1, -0.05) is 36.4 Å². The Bertz CT molecular complexity index is 614. The van der Waals surface area contributed by atoms with Crippen molar-refractivity contribution in [2.75, 3.05) is 12.3 Å². The van der Waals surface area contributed by atoms with E-state index in [1.807, 2.05) is 30.3 Å². The van der Waals surface area contributed by atoms with Crippen molar-refractivity contribution in [1.82, 2.24) is 5.32 Å². The summed E-state index contributed by atoms with van der Waals surface area (Å²) in [6.07, 6.45) is 0.506. The number of hydrogen-bond acceptors (Lipinski definition) is 4. The van der Waals surface area contributed by atoms with Gasteiger partial charge in [-0.05, 0) is 24.1 Å². The molecule has 21 heavy (non-hydrogen) atoms. The molecule has 2 aromatic rings. The van der Waals surface area contributed by atoms with E-state index in [1.54, 1.807) is 6.07 Å². The number of rotatable bonds is 5. The lowest BCUT2D eigenvalue weighted by Crippen LogP contribution is -2.39. The monoisotopic (exact) mass is 286 g/mol. The van der Waals surface area contributed by atoms with Gasteiger partial charge in [-0.3, -0.25) is 4.79 Å². The van der Waals surface area contributed by atoms with Crippen molar-refractivity contribution in [2.24, 2.45) is 0 Å². The zero-order valence-corrected chi connectivity index (χ0v) is 11.5. The maximum absolute atomic E-state index is 12.1. The van der Waals surface area contributed by atoms with Crippen LogP contribution in [0.2, 0.25) is 0 Å². The van der Waals surface area contributed by atoms with Crippen molar-refractivity contribution < 1.29 is 15.0 Å². The van der Waals surface area contributed by atoms with Crippen LogP contribution in [0.15, 0.2) is 48.5 Å². The lowest BCUT2D eigenvalue weighted by molar-refractivity contribution is 0.0914. The standard InChI is InChI=1S/C16H18N2O3/c17-14-8-4-7-13(15(14)20)16(21)18-12(10-19)9-11-5-2-1-3-6-11/h1-8,12,19-20H,9-10,17H2,(H,18,21). The number of nitrogens with two attached hydrogens (primary N) is 1. The van der Waals surface area contributed by atoms with Gasteiger partial charge in [-0.25, -0.2) is 0 Å². The predicted octanol–water partition coefficient (Wildman–Crippen LogP) is 1.31. The van der Waals surface area contributed by atoms with Crippen LogP contribution < -0.4 is 11.1 Å². The molecule has 2 aromatic carbocycles.